The maximum atomic E-state index is 13.2. The molecule has 0 unspecified atom stereocenters. The van der Waals surface area contributed by atoms with Crippen LogP contribution in [0.5, 0.6) is 0 Å². The number of hydrogen-bond acceptors (Lipinski definition) is 2. The molecule has 1 aromatic carbocycles. The molecule has 2 N–H and O–H groups in total. The van der Waals surface area contributed by atoms with Gasteiger partial charge in [-0.25, -0.2) is 4.39 Å². The Labute approximate surface area is 115 Å². The first-order chi connectivity index (χ1) is 8.58. The van der Waals surface area contributed by atoms with Crippen molar-refractivity contribution in [2.45, 2.75) is 12.8 Å². The summed E-state index contributed by atoms with van der Waals surface area (Å²) < 4.78 is 13.2. The highest BCUT2D eigenvalue weighted by molar-refractivity contribution is 6.35. The predicted octanol–water partition coefficient (Wildman–Crippen LogP) is 3.07. The van der Waals surface area contributed by atoms with Crippen LogP contribution in [0.3, 0.4) is 0 Å². The number of carbonyl (C=O) groups is 1. The number of carbonyl (C=O) groups excluding carboxylic acids is 1. The van der Waals surface area contributed by atoms with E-state index in [-0.39, 0.29) is 21.9 Å². The lowest BCUT2D eigenvalue weighted by atomic mass is 9.97. The molecule has 0 aliphatic carbocycles. The topological polar surface area (TPSA) is 41.1 Å². The summed E-state index contributed by atoms with van der Waals surface area (Å²) in [5, 5.41) is 5.72. The van der Waals surface area contributed by atoms with Crippen LogP contribution in [0.1, 0.15) is 12.8 Å². The molecule has 0 aromatic heterocycles. The molecule has 0 radical (unpaired) electrons. The van der Waals surface area contributed by atoms with Crippen molar-refractivity contribution >= 4 is 34.8 Å². The minimum Gasteiger partial charge on any atom is -0.326 e. The summed E-state index contributed by atoms with van der Waals surface area (Å²) in [6, 6.07) is 2.73. The van der Waals surface area contributed by atoms with Crippen molar-refractivity contribution in [3.63, 3.8) is 0 Å². The zero-order chi connectivity index (χ0) is 13.1. The minimum atomic E-state index is -0.668. The molecular weight excluding hydrogens is 278 g/mol. The third-order valence-electron chi connectivity index (χ3n) is 2.96. The number of amides is 1. The monoisotopic (exact) mass is 290 g/mol. The van der Waals surface area contributed by atoms with E-state index in [1.54, 1.807) is 0 Å². The summed E-state index contributed by atoms with van der Waals surface area (Å²) in [6.07, 6.45) is 1.60. The Morgan fingerprint density at radius 2 is 1.83 bits per heavy atom. The minimum absolute atomic E-state index is 0.0196. The van der Waals surface area contributed by atoms with Crippen LogP contribution in [0.4, 0.5) is 10.1 Å². The van der Waals surface area contributed by atoms with Gasteiger partial charge in [-0.3, -0.25) is 4.79 Å². The van der Waals surface area contributed by atoms with E-state index in [9.17, 15) is 9.18 Å². The highest BCUT2D eigenvalue weighted by Gasteiger charge is 2.21. The van der Waals surface area contributed by atoms with Gasteiger partial charge in [0.2, 0.25) is 5.91 Å². The fourth-order valence-electron chi connectivity index (χ4n) is 1.96. The molecule has 1 heterocycles. The molecule has 1 aliphatic rings. The van der Waals surface area contributed by atoms with Crippen molar-refractivity contribution in [3.05, 3.63) is 28.0 Å². The average molecular weight is 291 g/mol. The van der Waals surface area contributed by atoms with Crippen molar-refractivity contribution in [3.8, 4) is 0 Å². The van der Waals surface area contributed by atoms with Crippen LogP contribution in [0.15, 0.2) is 12.1 Å². The van der Waals surface area contributed by atoms with Gasteiger partial charge in [0.05, 0.1) is 10.0 Å². The van der Waals surface area contributed by atoms with E-state index in [0.717, 1.165) is 25.9 Å². The van der Waals surface area contributed by atoms with Gasteiger partial charge in [0, 0.05) is 11.6 Å². The maximum Gasteiger partial charge on any atom is 0.227 e. The van der Waals surface area contributed by atoms with Gasteiger partial charge in [0.25, 0.3) is 0 Å². The molecular formula is C12H13Cl2FN2O. The summed E-state index contributed by atoms with van der Waals surface area (Å²) in [7, 11) is 0. The number of nitrogens with one attached hydrogen (secondary N) is 2. The zero-order valence-corrected chi connectivity index (χ0v) is 11.1. The second kappa shape index (κ2) is 5.87. The molecule has 6 heteroatoms. The van der Waals surface area contributed by atoms with Crippen LogP contribution in [0, 0.1) is 11.7 Å². The Balaban J connectivity index is 2.06. The van der Waals surface area contributed by atoms with Gasteiger partial charge in [-0.15, -0.1) is 0 Å². The van der Waals surface area contributed by atoms with Crippen LogP contribution in [0.2, 0.25) is 10.0 Å². The van der Waals surface area contributed by atoms with Gasteiger partial charge >= 0.3 is 0 Å². The van der Waals surface area contributed by atoms with Crippen molar-refractivity contribution in [2.75, 3.05) is 18.4 Å². The van der Waals surface area contributed by atoms with Gasteiger partial charge in [0.1, 0.15) is 0 Å². The lowest BCUT2D eigenvalue weighted by Gasteiger charge is -2.21. The van der Waals surface area contributed by atoms with Gasteiger partial charge in [-0.1, -0.05) is 23.2 Å². The van der Waals surface area contributed by atoms with E-state index in [1.165, 1.54) is 12.1 Å². The van der Waals surface area contributed by atoms with Crippen molar-refractivity contribution in [2.24, 2.45) is 5.92 Å². The quantitative estimate of drug-likeness (QED) is 0.822. The van der Waals surface area contributed by atoms with Crippen LogP contribution < -0.4 is 10.6 Å². The number of halogens is 3. The fourth-order valence-corrected chi connectivity index (χ4v) is 2.44. The van der Waals surface area contributed by atoms with Crippen LogP contribution in [-0.4, -0.2) is 19.0 Å². The van der Waals surface area contributed by atoms with E-state index < -0.39 is 5.82 Å². The second-order valence-corrected chi connectivity index (χ2v) is 5.08. The number of piperidine rings is 1. The van der Waals surface area contributed by atoms with E-state index in [0.29, 0.717) is 5.69 Å². The first kappa shape index (κ1) is 13.6. The Hall–Kier alpha value is -0.840. The molecule has 98 valence electrons. The smallest absolute Gasteiger partial charge is 0.227 e. The summed E-state index contributed by atoms with van der Waals surface area (Å²) in [4.78, 5) is 12.0. The van der Waals surface area contributed by atoms with E-state index >= 15 is 0 Å². The highest BCUT2D eigenvalue weighted by Crippen LogP contribution is 2.28. The van der Waals surface area contributed by atoms with Crippen LogP contribution >= 0.6 is 23.2 Å². The summed E-state index contributed by atoms with van der Waals surface area (Å²) in [5.41, 5.74) is 0.426. The SMILES string of the molecule is O=C(Nc1cc(Cl)c(F)c(Cl)c1)C1CCNCC1. The first-order valence-electron chi connectivity index (χ1n) is 5.74. The molecule has 1 fully saturated rings. The molecule has 0 atom stereocenters. The van der Waals surface area contributed by atoms with Crippen molar-refractivity contribution in [1.29, 1.82) is 0 Å². The molecule has 1 saturated heterocycles. The average Bonchev–Trinajstić information content (AvgIpc) is 2.37. The molecule has 1 aliphatic heterocycles. The Kier molecular flexibility index (Phi) is 4.43. The van der Waals surface area contributed by atoms with Gasteiger partial charge in [0.15, 0.2) is 5.82 Å². The zero-order valence-electron chi connectivity index (χ0n) is 9.60. The number of anilines is 1. The molecule has 1 aromatic rings. The molecule has 0 saturated carbocycles. The molecule has 18 heavy (non-hydrogen) atoms. The summed E-state index contributed by atoms with van der Waals surface area (Å²) in [6.45, 7) is 1.67. The summed E-state index contributed by atoms with van der Waals surface area (Å²) >= 11 is 11.3. The van der Waals surface area contributed by atoms with Crippen LogP contribution in [0.25, 0.3) is 0 Å². The first-order valence-corrected chi connectivity index (χ1v) is 6.49. The summed E-state index contributed by atoms with van der Waals surface area (Å²) in [5.74, 6) is -0.762. The Morgan fingerprint density at radius 3 is 2.39 bits per heavy atom. The number of rotatable bonds is 2. The molecule has 2 rings (SSSR count). The lowest BCUT2D eigenvalue weighted by molar-refractivity contribution is -0.120. The largest absolute Gasteiger partial charge is 0.326 e. The normalized spacial score (nSPS) is 16.6. The molecule has 0 bridgehead atoms. The highest BCUT2D eigenvalue weighted by atomic mass is 35.5. The van der Waals surface area contributed by atoms with Gasteiger partial charge in [-0.2, -0.15) is 0 Å². The number of benzene rings is 1. The Bertz CT molecular complexity index is 438. The van der Waals surface area contributed by atoms with E-state index in [4.69, 9.17) is 23.2 Å². The second-order valence-electron chi connectivity index (χ2n) is 4.27. The third kappa shape index (κ3) is 3.13. The maximum absolute atomic E-state index is 13.2. The fraction of sp³-hybridized carbons (Fsp3) is 0.417. The van der Waals surface area contributed by atoms with Crippen molar-refractivity contribution < 1.29 is 9.18 Å². The van der Waals surface area contributed by atoms with Crippen LogP contribution in [-0.2, 0) is 4.79 Å². The van der Waals surface area contributed by atoms with Crippen molar-refractivity contribution in [1.82, 2.24) is 5.32 Å². The number of hydrogen-bond donors (Lipinski definition) is 2. The molecule has 0 spiro atoms. The third-order valence-corrected chi connectivity index (χ3v) is 3.51. The Morgan fingerprint density at radius 1 is 1.28 bits per heavy atom. The molecule has 1 amide bonds. The van der Waals surface area contributed by atoms with E-state index in [1.807, 2.05) is 0 Å². The lowest BCUT2D eigenvalue weighted by Crippen LogP contribution is -2.34. The standard InChI is InChI=1S/C12H13Cl2FN2O/c13-9-5-8(6-10(14)11(9)15)17-12(18)7-1-3-16-4-2-7/h5-7,16H,1-4H2,(H,17,18). The predicted molar refractivity (Wildman–Crippen MR) is 70.6 cm³/mol. The van der Waals surface area contributed by atoms with E-state index in [2.05, 4.69) is 10.6 Å². The van der Waals surface area contributed by atoms with Gasteiger partial charge in [-0.05, 0) is 38.1 Å². The van der Waals surface area contributed by atoms with Gasteiger partial charge < -0.3 is 10.6 Å². The molecule has 3 nitrogen and oxygen atoms in total.